The molecule has 0 saturated carbocycles. The monoisotopic (exact) mass is 393 g/mol. The molecule has 0 aliphatic heterocycles. The third-order valence-corrected chi connectivity index (χ3v) is 3.48. The molecule has 144 valence electrons. The molecular weight excluding hydrogens is 382 g/mol. The Kier molecular flexibility index (Phi) is 5.16. The molecule has 3 rings (SSSR count). The van der Waals surface area contributed by atoms with Gasteiger partial charge in [-0.05, 0) is 42.8 Å². The first-order valence-electron chi connectivity index (χ1n) is 7.71. The molecule has 1 amide bonds. The maximum Gasteiger partial charge on any atom is 0.435 e. The zero-order chi connectivity index (χ0) is 20.3. The van der Waals surface area contributed by atoms with Gasteiger partial charge in [-0.25, -0.2) is 4.39 Å². The van der Waals surface area contributed by atoms with Crippen LogP contribution in [0.3, 0.4) is 0 Å². The number of aromatic nitrogens is 4. The van der Waals surface area contributed by atoms with E-state index in [4.69, 9.17) is 4.74 Å². The highest BCUT2D eigenvalue weighted by molar-refractivity contribution is 6.05. The summed E-state index contributed by atoms with van der Waals surface area (Å²) in [6, 6.07) is 5.44. The van der Waals surface area contributed by atoms with Gasteiger partial charge in [0, 0.05) is 0 Å². The van der Waals surface area contributed by atoms with Crippen LogP contribution in [0.1, 0.15) is 21.6 Å². The molecule has 1 aromatic carbocycles. The molecule has 3 aromatic rings. The summed E-state index contributed by atoms with van der Waals surface area (Å²) in [4.78, 5) is 12.5. The van der Waals surface area contributed by atoms with Gasteiger partial charge in [0.15, 0.2) is 5.69 Å². The van der Waals surface area contributed by atoms with Crippen LogP contribution in [0, 0.1) is 12.7 Å². The molecule has 28 heavy (non-hydrogen) atoms. The molecule has 0 bridgehead atoms. The minimum Gasteiger partial charge on any atom is -0.437 e. The Bertz CT molecular complexity index is 1010. The Hall–Kier alpha value is -3.63. The van der Waals surface area contributed by atoms with Crippen LogP contribution >= 0.6 is 0 Å². The van der Waals surface area contributed by atoms with Crippen LogP contribution in [-0.4, -0.2) is 26.3 Å². The Balaban J connectivity index is 2.00. The first-order chi connectivity index (χ1) is 13.2. The van der Waals surface area contributed by atoms with Gasteiger partial charge in [0.1, 0.15) is 17.1 Å². The van der Waals surface area contributed by atoms with Crippen LogP contribution in [0.25, 0.3) is 0 Å². The van der Waals surface area contributed by atoms with E-state index in [9.17, 15) is 22.4 Å². The average molecular weight is 393 g/mol. The van der Waals surface area contributed by atoms with Crippen molar-refractivity contribution in [2.75, 3.05) is 5.32 Å². The number of hydrogen-bond donors (Lipinski definition) is 1. The molecule has 0 aliphatic rings. The Morgan fingerprint density at radius 1 is 1.11 bits per heavy atom. The first kappa shape index (κ1) is 19.1. The maximum atomic E-state index is 13.2. The van der Waals surface area contributed by atoms with Gasteiger partial charge in [0.05, 0.1) is 18.1 Å². The second kappa shape index (κ2) is 7.55. The molecule has 0 aliphatic carbocycles. The Labute approximate surface area is 155 Å². The molecule has 1 N–H and O–H groups in total. The summed E-state index contributed by atoms with van der Waals surface area (Å²) in [6.07, 6.45) is -2.31. The third kappa shape index (κ3) is 4.37. The van der Waals surface area contributed by atoms with Crippen molar-refractivity contribution in [3.8, 4) is 11.6 Å². The average Bonchev–Trinajstić information content (AvgIpc) is 2.64. The summed E-state index contributed by atoms with van der Waals surface area (Å²) in [5, 5.41) is 15.9. The molecule has 0 spiro atoms. The van der Waals surface area contributed by atoms with Crippen LogP contribution in [-0.2, 0) is 6.18 Å². The quantitative estimate of drug-likeness (QED) is 0.679. The lowest BCUT2D eigenvalue weighted by Crippen LogP contribution is -2.18. The van der Waals surface area contributed by atoms with Crippen molar-refractivity contribution in [1.29, 1.82) is 0 Å². The van der Waals surface area contributed by atoms with E-state index in [1.54, 1.807) is 0 Å². The van der Waals surface area contributed by atoms with Crippen molar-refractivity contribution in [3.63, 3.8) is 0 Å². The summed E-state index contributed by atoms with van der Waals surface area (Å²) in [5.74, 6) is -1.81. The van der Waals surface area contributed by atoms with Gasteiger partial charge in [-0.3, -0.25) is 4.79 Å². The van der Waals surface area contributed by atoms with Crippen molar-refractivity contribution in [2.45, 2.75) is 13.1 Å². The Morgan fingerprint density at radius 2 is 1.89 bits per heavy atom. The third-order valence-electron chi connectivity index (χ3n) is 3.48. The molecule has 0 atom stereocenters. The lowest BCUT2D eigenvalue weighted by atomic mass is 10.2. The zero-order valence-electron chi connectivity index (χ0n) is 14.2. The molecule has 2 heterocycles. The molecule has 0 unspecified atom stereocenters. The molecule has 11 heteroatoms. The number of benzene rings is 1. The summed E-state index contributed by atoms with van der Waals surface area (Å²) in [6.45, 7) is 1.53. The summed E-state index contributed by atoms with van der Waals surface area (Å²) in [7, 11) is 0. The lowest BCUT2D eigenvalue weighted by Gasteiger charge is -2.13. The fraction of sp³-hybridized carbons (Fsp3) is 0.118. The number of carbonyl (C=O) groups is 1. The molecule has 0 radical (unpaired) electrons. The van der Waals surface area contributed by atoms with Gasteiger partial charge in [-0.1, -0.05) is 0 Å². The van der Waals surface area contributed by atoms with E-state index in [1.165, 1.54) is 31.5 Å². The van der Waals surface area contributed by atoms with Crippen LogP contribution in [0.4, 0.5) is 23.2 Å². The summed E-state index contributed by atoms with van der Waals surface area (Å²) < 4.78 is 57.6. The van der Waals surface area contributed by atoms with E-state index < -0.39 is 35.0 Å². The van der Waals surface area contributed by atoms with Crippen LogP contribution in [0.2, 0.25) is 0 Å². The second-order valence-corrected chi connectivity index (χ2v) is 5.54. The number of rotatable bonds is 4. The van der Waals surface area contributed by atoms with E-state index in [2.05, 4.69) is 25.7 Å². The van der Waals surface area contributed by atoms with E-state index in [0.29, 0.717) is 11.6 Å². The maximum absolute atomic E-state index is 13.2. The second-order valence-electron chi connectivity index (χ2n) is 5.54. The van der Waals surface area contributed by atoms with Crippen molar-refractivity contribution in [1.82, 2.24) is 20.4 Å². The van der Waals surface area contributed by atoms with E-state index in [1.807, 2.05) is 0 Å². The number of alkyl halides is 3. The number of amides is 1. The lowest BCUT2D eigenvalue weighted by molar-refractivity contribution is -0.141. The zero-order valence-corrected chi connectivity index (χ0v) is 14.2. The van der Waals surface area contributed by atoms with Crippen molar-refractivity contribution in [2.24, 2.45) is 0 Å². The SMILES string of the molecule is Cc1cc(F)ccc1Oc1nnc(C(F)(F)F)cc1C(=O)Nc1ccnnc1. The number of anilines is 1. The minimum atomic E-state index is -4.81. The van der Waals surface area contributed by atoms with Crippen LogP contribution in [0.5, 0.6) is 11.6 Å². The summed E-state index contributed by atoms with van der Waals surface area (Å²) in [5.41, 5.74) is -1.32. The normalized spacial score (nSPS) is 11.2. The summed E-state index contributed by atoms with van der Waals surface area (Å²) >= 11 is 0. The number of carbonyl (C=O) groups excluding carboxylic acids is 1. The molecule has 0 saturated heterocycles. The smallest absolute Gasteiger partial charge is 0.435 e. The van der Waals surface area contributed by atoms with Gasteiger partial charge in [0.25, 0.3) is 11.8 Å². The fourth-order valence-electron chi connectivity index (χ4n) is 2.15. The van der Waals surface area contributed by atoms with Gasteiger partial charge in [-0.15, -0.1) is 10.2 Å². The standard InChI is InChI=1S/C17H11F4N5O2/c1-9-6-10(18)2-3-13(9)28-16-12(7-14(25-26-16)17(19,20)21)15(27)24-11-4-5-22-23-8-11/h2-8H,1H3,(H,22,24,27). The number of hydrogen-bond acceptors (Lipinski definition) is 6. The highest BCUT2D eigenvalue weighted by Crippen LogP contribution is 2.32. The minimum absolute atomic E-state index is 0.107. The first-order valence-corrected chi connectivity index (χ1v) is 7.71. The number of aryl methyl sites for hydroxylation is 1. The van der Waals surface area contributed by atoms with Gasteiger partial charge >= 0.3 is 6.18 Å². The van der Waals surface area contributed by atoms with Crippen LogP contribution < -0.4 is 10.1 Å². The predicted molar refractivity (Wildman–Crippen MR) is 88.2 cm³/mol. The predicted octanol–water partition coefficient (Wildman–Crippen LogP) is 3.78. The Morgan fingerprint density at radius 3 is 2.54 bits per heavy atom. The molecule has 2 aromatic heterocycles. The number of ether oxygens (including phenoxy) is 1. The van der Waals surface area contributed by atoms with Gasteiger partial charge in [0.2, 0.25) is 0 Å². The van der Waals surface area contributed by atoms with Gasteiger partial charge < -0.3 is 10.1 Å². The fourth-order valence-corrected chi connectivity index (χ4v) is 2.15. The molecule has 0 fully saturated rings. The number of halogens is 4. The number of nitrogens with one attached hydrogen (secondary N) is 1. The van der Waals surface area contributed by atoms with Crippen molar-refractivity contribution >= 4 is 11.6 Å². The van der Waals surface area contributed by atoms with Crippen LogP contribution in [0.15, 0.2) is 42.7 Å². The van der Waals surface area contributed by atoms with E-state index in [-0.39, 0.29) is 11.4 Å². The highest BCUT2D eigenvalue weighted by Gasteiger charge is 2.35. The number of nitrogens with zero attached hydrogens (tertiary/aromatic N) is 4. The van der Waals surface area contributed by atoms with E-state index in [0.717, 1.165) is 12.1 Å². The molecule has 7 nitrogen and oxygen atoms in total. The van der Waals surface area contributed by atoms with E-state index >= 15 is 0 Å². The van der Waals surface area contributed by atoms with Crippen molar-refractivity contribution < 1.29 is 27.1 Å². The van der Waals surface area contributed by atoms with Gasteiger partial charge in [-0.2, -0.15) is 23.4 Å². The highest BCUT2D eigenvalue weighted by atomic mass is 19.4. The molecular formula is C17H11F4N5O2. The largest absolute Gasteiger partial charge is 0.437 e. The topological polar surface area (TPSA) is 89.9 Å². The van der Waals surface area contributed by atoms with Crippen molar-refractivity contribution in [3.05, 3.63) is 65.4 Å².